The van der Waals surface area contributed by atoms with Crippen LogP contribution in [0.3, 0.4) is 0 Å². The van der Waals surface area contributed by atoms with E-state index >= 15 is 0 Å². The summed E-state index contributed by atoms with van der Waals surface area (Å²) in [5.74, 6) is -0.194. The van der Waals surface area contributed by atoms with E-state index in [0.717, 1.165) is 38.5 Å². The average Bonchev–Trinajstić information content (AvgIpc) is 3.37. The van der Waals surface area contributed by atoms with Crippen LogP contribution in [0.1, 0.15) is 341 Å². The predicted octanol–water partition coefficient (Wildman–Crippen LogP) is 20.1. The van der Waals surface area contributed by atoms with Crippen LogP contribution in [0, 0.1) is 0 Å². The van der Waals surface area contributed by atoms with Crippen LogP contribution in [0.4, 0.5) is 0 Å². The van der Waals surface area contributed by atoms with Gasteiger partial charge in [0.05, 0.1) is 39.9 Å². The fraction of sp³-hybridized carbons (Fsp3) is 0.924. The number of quaternary nitrogens is 1. The molecule has 0 radical (unpaired) electrons. The van der Waals surface area contributed by atoms with E-state index in [1.807, 2.05) is 27.2 Å². The van der Waals surface area contributed by atoms with Gasteiger partial charge in [0.15, 0.2) is 0 Å². The molecule has 0 aromatic heterocycles. The summed E-state index contributed by atoms with van der Waals surface area (Å²) in [5.41, 5.74) is 0. The molecule has 75 heavy (non-hydrogen) atoms. The number of amides is 1. The second-order valence-electron chi connectivity index (χ2n) is 24.2. The second-order valence-corrected chi connectivity index (χ2v) is 25.6. The minimum absolute atomic E-state index is 0.000529. The monoisotopic (exact) mass is 1080 g/mol. The average molecular weight is 1080 g/mol. The van der Waals surface area contributed by atoms with Crippen LogP contribution in [0.2, 0.25) is 0 Å². The molecule has 0 saturated carbocycles. The van der Waals surface area contributed by atoms with Crippen LogP contribution < -0.4 is 10.2 Å². The normalized spacial score (nSPS) is 13.9. The summed E-state index contributed by atoms with van der Waals surface area (Å²) in [6.07, 6.45) is 74.3. The van der Waals surface area contributed by atoms with Crippen molar-refractivity contribution in [2.24, 2.45) is 0 Å². The van der Waals surface area contributed by atoms with E-state index in [1.165, 1.54) is 283 Å². The smallest absolute Gasteiger partial charge is 0.268 e. The molecular formula is C66H131N2O6P. The number of allylic oxidation sites excluding steroid dienone is 3. The number of carbonyl (C=O) groups is 1. The maximum Gasteiger partial charge on any atom is 0.268 e. The number of nitrogens with zero attached hydrogens (tertiary/aromatic N) is 1. The summed E-state index contributed by atoms with van der Waals surface area (Å²) in [7, 11) is 1.27. The fourth-order valence-corrected chi connectivity index (χ4v) is 10.9. The highest BCUT2D eigenvalue weighted by molar-refractivity contribution is 7.45. The first-order valence-electron chi connectivity index (χ1n) is 33.2. The fourth-order valence-electron chi connectivity index (χ4n) is 10.2. The Labute approximate surface area is 468 Å². The van der Waals surface area contributed by atoms with Crippen LogP contribution in [-0.4, -0.2) is 68.5 Å². The molecule has 9 heteroatoms. The summed E-state index contributed by atoms with van der Waals surface area (Å²) in [4.78, 5) is 25.6. The lowest BCUT2D eigenvalue weighted by atomic mass is 10.0. The van der Waals surface area contributed by atoms with Crippen LogP contribution in [0.5, 0.6) is 0 Å². The lowest BCUT2D eigenvalue weighted by molar-refractivity contribution is -0.870. The van der Waals surface area contributed by atoms with Gasteiger partial charge < -0.3 is 28.8 Å². The standard InChI is InChI=1S/C66H131N2O6P/c1-6-8-10-12-14-16-18-20-22-24-26-28-29-30-31-32-33-34-35-36-37-38-40-41-43-45-47-49-51-53-55-57-59-65(69)64(63-74-75(71,72)73-62-61-68(3,4)5)67-66(70)60-58-56-54-52-50-48-46-44-42-39-27-25-23-21-19-17-15-13-11-9-7-2/h25,27,57,59,64-65,69H,6-24,26,28-56,58,60-63H2,1-5H3,(H-,67,70,71,72)/b27-25-,59-57+. The Morgan fingerprint density at radius 3 is 1.04 bits per heavy atom. The molecular weight excluding hydrogens is 948 g/mol. The Balaban J connectivity index is 4.06. The van der Waals surface area contributed by atoms with E-state index in [4.69, 9.17) is 9.05 Å². The van der Waals surface area contributed by atoms with E-state index in [-0.39, 0.29) is 19.1 Å². The molecule has 0 bridgehead atoms. The summed E-state index contributed by atoms with van der Waals surface area (Å²) >= 11 is 0. The number of aliphatic hydroxyl groups excluding tert-OH is 1. The van der Waals surface area contributed by atoms with Gasteiger partial charge in [0.25, 0.3) is 7.82 Å². The zero-order valence-corrected chi connectivity index (χ0v) is 51.9. The first kappa shape index (κ1) is 74.0. The van der Waals surface area contributed by atoms with Crippen molar-refractivity contribution in [1.82, 2.24) is 5.32 Å². The maximum atomic E-state index is 13.0. The minimum Gasteiger partial charge on any atom is -0.756 e. The van der Waals surface area contributed by atoms with Crippen molar-refractivity contribution in [3.05, 3.63) is 24.3 Å². The molecule has 0 aromatic rings. The summed E-state index contributed by atoms with van der Waals surface area (Å²) < 4.78 is 23.4. The van der Waals surface area contributed by atoms with Gasteiger partial charge in [-0.1, -0.05) is 314 Å². The maximum absolute atomic E-state index is 13.0. The van der Waals surface area contributed by atoms with Gasteiger partial charge in [-0.3, -0.25) is 9.36 Å². The van der Waals surface area contributed by atoms with Crippen molar-refractivity contribution in [2.75, 3.05) is 40.9 Å². The van der Waals surface area contributed by atoms with Gasteiger partial charge in [-0.05, 0) is 44.9 Å². The highest BCUT2D eigenvalue weighted by atomic mass is 31.2. The van der Waals surface area contributed by atoms with Crippen LogP contribution in [0.25, 0.3) is 0 Å². The van der Waals surface area contributed by atoms with E-state index in [2.05, 4.69) is 31.3 Å². The Morgan fingerprint density at radius 2 is 0.733 bits per heavy atom. The molecule has 0 aliphatic carbocycles. The van der Waals surface area contributed by atoms with Gasteiger partial charge in [0, 0.05) is 6.42 Å². The molecule has 3 unspecified atom stereocenters. The Kier molecular flexibility index (Phi) is 56.9. The van der Waals surface area contributed by atoms with Crippen LogP contribution in [0.15, 0.2) is 24.3 Å². The third kappa shape index (κ3) is 60.5. The van der Waals surface area contributed by atoms with Crippen molar-refractivity contribution >= 4 is 13.7 Å². The van der Waals surface area contributed by atoms with E-state index in [1.54, 1.807) is 6.08 Å². The van der Waals surface area contributed by atoms with E-state index in [9.17, 15) is 19.4 Å². The number of hydrogen-bond donors (Lipinski definition) is 2. The van der Waals surface area contributed by atoms with Crippen molar-refractivity contribution in [3.8, 4) is 0 Å². The number of likely N-dealkylation sites (N-methyl/N-ethyl adjacent to an activating group) is 1. The SMILES string of the molecule is CCCCCCCCCC/C=C\CCCCCCCCCCCC(=O)NC(COP(=O)([O-])OCC[N+](C)(C)C)C(O)/C=C/CCCCCCCCCCCCCCCCCCCCCCCCCCCCCCCC. The molecule has 2 N–H and O–H groups in total. The molecule has 0 aliphatic rings. The van der Waals surface area contributed by atoms with Gasteiger partial charge in [-0.2, -0.15) is 0 Å². The van der Waals surface area contributed by atoms with Gasteiger partial charge >= 0.3 is 0 Å². The Morgan fingerprint density at radius 1 is 0.453 bits per heavy atom. The number of phosphoric acid groups is 1. The molecule has 0 aliphatic heterocycles. The molecule has 8 nitrogen and oxygen atoms in total. The highest BCUT2D eigenvalue weighted by Crippen LogP contribution is 2.38. The quantitative estimate of drug-likeness (QED) is 0.0272. The van der Waals surface area contributed by atoms with Crippen molar-refractivity contribution in [3.63, 3.8) is 0 Å². The van der Waals surface area contributed by atoms with Crippen LogP contribution in [-0.2, 0) is 18.4 Å². The number of aliphatic hydroxyl groups is 1. The topological polar surface area (TPSA) is 108 Å². The summed E-state index contributed by atoms with van der Waals surface area (Å²) in [6, 6.07) is -0.887. The van der Waals surface area contributed by atoms with Gasteiger partial charge in [-0.15, -0.1) is 0 Å². The summed E-state index contributed by atoms with van der Waals surface area (Å²) in [6.45, 7) is 4.70. The number of nitrogens with one attached hydrogen (secondary N) is 1. The largest absolute Gasteiger partial charge is 0.756 e. The lowest BCUT2D eigenvalue weighted by Gasteiger charge is -2.29. The molecule has 3 atom stereocenters. The predicted molar refractivity (Wildman–Crippen MR) is 325 cm³/mol. The zero-order valence-electron chi connectivity index (χ0n) is 51.0. The number of hydrogen-bond acceptors (Lipinski definition) is 6. The second kappa shape index (κ2) is 57.7. The molecule has 0 rings (SSSR count). The molecule has 0 saturated heterocycles. The van der Waals surface area contributed by atoms with E-state index < -0.39 is 20.0 Å². The van der Waals surface area contributed by atoms with Gasteiger partial charge in [0.1, 0.15) is 13.2 Å². The Hall–Kier alpha value is -1.02. The summed E-state index contributed by atoms with van der Waals surface area (Å²) in [5, 5.41) is 13.9. The van der Waals surface area contributed by atoms with Crippen LogP contribution >= 0.6 is 7.82 Å². The molecule has 0 fully saturated rings. The highest BCUT2D eigenvalue weighted by Gasteiger charge is 2.23. The third-order valence-electron chi connectivity index (χ3n) is 15.4. The molecule has 0 aromatic carbocycles. The minimum atomic E-state index is -4.60. The molecule has 446 valence electrons. The van der Waals surface area contributed by atoms with Crippen molar-refractivity contribution in [1.29, 1.82) is 0 Å². The first-order valence-corrected chi connectivity index (χ1v) is 34.7. The van der Waals surface area contributed by atoms with Gasteiger partial charge in [-0.25, -0.2) is 0 Å². The Bertz CT molecular complexity index is 1270. The number of rotatable bonds is 62. The zero-order chi connectivity index (χ0) is 54.9. The molecule has 1 amide bonds. The van der Waals surface area contributed by atoms with Crippen molar-refractivity contribution in [2.45, 2.75) is 353 Å². The van der Waals surface area contributed by atoms with Crippen molar-refractivity contribution < 1.29 is 32.9 Å². The van der Waals surface area contributed by atoms with E-state index in [0.29, 0.717) is 17.4 Å². The van der Waals surface area contributed by atoms with Gasteiger partial charge in [0.2, 0.25) is 5.91 Å². The molecule has 0 heterocycles. The number of carbonyl (C=O) groups excluding carboxylic acids is 1. The lowest BCUT2D eigenvalue weighted by Crippen LogP contribution is -2.45. The number of unbranched alkanes of at least 4 members (excludes halogenated alkanes) is 47. The first-order chi connectivity index (χ1) is 36.5. The number of phosphoric ester groups is 1. The molecule has 0 spiro atoms. The third-order valence-corrected chi connectivity index (χ3v) is 16.4.